The molecule has 0 aromatic rings. The van der Waals surface area contributed by atoms with Crippen molar-refractivity contribution < 1.29 is 26.4 Å². The molecule has 0 fully saturated rings. The number of nitrogens with zero attached hydrogens (tertiary/aromatic N) is 1. The number of carbonyl (C=O) groups excluding carboxylic acids is 1. The first-order valence-electron chi connectivity index (χ1n) is 13.7. The molecule has 0 aliphatic heterocycles. The highest BCUT2D eigenvalue weighted by molar-refractivity contribution is 7.80. The maximum atomic E-state index is 12.1. The zero-order valence-electron chi connectivity index (χ0n) is 23.2. The van der Waals surface area contributed by atoms with Crippen molar-refractivity contribution in [3.63, 3.8) is 0 Å². The second kappa shape index (κ2) is 22.7. The summed E-state index contributed by atoms with van der Waals surface area (Å²) in [6.07, 6.45) is 21.4. The number of nitrogens with one attached hydrogen (secondary N) is 1. The Kier molecular flexibility index (Phi) is 23.7. The van der Waals surface area contributed by atoms with Gasteiger partial charge in [0.1, 0.15) is 0 Å². The van der Waals surface area contributed by atoms with E-state index < -0.39 is 10.4 Å². The second-order valence-corrected chi connectivity index (χ2v) is 10.8. The summed E-state index contributed by atoms with van der Waals surface area (Å²) in [6, 6.07) is 0. The monoisotopic (exact) mass is 508 g/mol. The van der Waals surface area contributed by atoms with E-state index in [0.29, 0.717) is 6.42 Å². The highest BCUT2D eigenvalue weighted by atomic mass is 32.3. The quantitative estimate of drug-likeness (QED) is 0.0646. The molecule has 34 heavy (non-hydrogen) atoms. The first kappa shape index (κ1) is 35.5. The molecule has 8 heteroatoms. The third-order valence-corrected chi connectivity index (χ3v) is 7.37. The molecule has 0 spiro atoms. The lowest BCUT2D eigenvalue weighted by Crippen LogP contribution is -2.58. The van der Waals surface area contributed by atoms with Gasteiger partial charge in [-0.05, 0) is 20.3 Å². The van der Waals surface area contributed by atoms with Gasteiger partial charge in [0.2, 0.25) is 16.3 Å². The lowest BCUT2D eigenvalue weighted by molar-refractivity contribution is -0.930. The van der Waals surface area contributed by atoms with E-state index in [0.717, 1.165) is 31.1 Å². The van der Waals surface area contributed by atoms with Crippen molar-refractivity contribution in [3.05, 3.63) is 0 Å². The Bertz CT molecular complexity index is 566. The van der Waals surface area contributed by atoms with Crippen LogP contribution in [-0.2, 0) is 19.4 Å². The van der Waals surface area contributed by atoms with Crippen molar-refractivity contribution in [2.45, 2.75) is 137 Å². The number of rotatable bonds is 21. The minimum Gasteiger partial charge on any atom is -0.726 e. The van der Waals surface area contributed by atoms with E-state index in [9.17, 15) is 17.8 Å². The minimum atomic E-state index is -4.41. The van der Waals surface area contributed by atoms with Crippen molar-refractivity contribution in [2.75, 3.05) is 27.2 Å². The highest BCUT2D eigenvalue weighted by Crippen LogP contribution is 2.14. The fraction of sp³-hybridized carbons (Fsp3) is 0.962. The van der Waals surface area contributed by atoms with E-state index in [2.05, 4.69) is 44.2 Å². The lowest BCUT2D eigenvalue weighted by Gasteiger charge is -2.38. The van der Waals surface area contributed by atoms with Crippen LogP contribution in [0.15, 0.2) is 0 Å². The molecule has 0 saturated heterocycles. The van der Waals surface area contributed by atoms with Gasteiger partial charge >= 0.3 is 0 Å². The number of hydrogen-bond acceptors (Lipinski definition) is 5. The average molecular weight is 509 g/mol. The molecule has 0 radical (unpaired) electrons. The van der Waals surface area contributed by atoms with Crippen LogP contribution in [0.5, 0.6) is 0 Å². The Balaban J connectivity index is 0. The molecule has 1 amide bonds. The highest BCUT2D eigenvalue weighted by Gasteiger charge is 2.26. The third kappa shape index (κ3) is 23.1. The van der Waals surface area contributed by atoms with Crippen molar-refractivity contribution in [2.24, 2.45) is 0 Å². The molecule has 1 atom stereocenters. The van der Waals surface area contributed by atoms with Gasteiger partial charge in [0.25, 0.3) is 0 Å². The van der Waals surface area contributed by atoms with Crippen LogP contribution in [0.4, 0.5) is 0 Å². The molecule has 0 bridgehead atoms. The van der Waals surface area contributed by atoms with Gasteiger partial charge in [-0.1, -0.05) is 96.8 Å². The molecule has 0 rings (SSSR count). The fourth-order valence-electron chi connectivity index (χ4n) is 3.89. The van der Waals surface area contributed by atoms with Crippen LogP contribution in [-0.4, -0.2) is 56.8 Å². The molecule has 0 aliphatic carbocycles. The van der Waals surface area contributed by atoms with Gasteiger partial charge in [0, 0.05) is 13.3 Å². The van der Waals surface area contributed by atoms with Gasteiger partial charge in [-0.25, -0.2) is 8.42 Å². The molecule has 0 heterocycles. The van der Waals surface area contributed by atoms with Crippen LogP contribution < -0.4 is 5.32 Å². The smallest absolute Gasteiger partial charge is 0.224 e. The van der Waals surface area contributed by atoms with Gasteiger partial charge in [-0.3, -0.25) is 8.98 Å². The van der Waals surface area contributed by atoms with E-state index in [4.69, 9.17) is 0 Å². The zero-order valence-corrected chi connectivity index (χ0v) is 24.0. The van der Waals surface area contributed by atoms with Crippen LogP contribution in [0, 0.1) is 0 Å². The molecular formula is C26H56N2O5S. The molecule has 0 aromatic heterocycles. The van der Waals surface area contributed by atoms with E-state index in [-0.39, 0.29) is 12.1 Å². The Morgan fingerprint density at radius 1 is 0.794 bits per heavy atom. The van der Waals surface area contributed by atoms with Crippen LogP contribution in [0.2, 0.25) is 0 Å². The molecule has 206 valence electrons. The van der Waals surface area contributed by atoms with Crippen molar-refractivity contribution in [3.8, 4) is 0 Å². The van der Waals surface area contributed by atoms with Crippen LogP contribution in [0.1, 0.15) is 130 Å². The lowest BCUT2D eigenvalue weighted by atomic mass is 10.0. The predicted molar refractivity (Wildman–Crippen MR) is 141 cm³/mol. The summed E-state index contributed by atoms with van der Waals surface area (Å²) in [5.41, 5.74) is 0. The van der Waals surface area contributed by atoms with E-state index >= 15 is 0 Å². The number of carbonyl (C=O) groups is 1. The van der Waals surface area contributed by atoms with Gasteiger partial charge < -0.3 is 14.4 Å². The van der Waals surface area contributed by atoms with Crippen molar-refractivity contribution >= 4 is 16.3 Å². The SMILES string of the molecule is CCCCCCCCCCCCCCCCCC(=O)NC(C)[N+](C)(CC)CC.COS(=O)(=O)[O-]. The second-order valence-electron chi connectivity index (χ2n) is 9.63. The predicted octanol–water partition coefficient (Wildman–Crippen LogP) is 6.29. The summed E-state index contributed by atoms with van der Waals surface area (Å²) in [5.74, 6) is 0.230. The maximum absolute atomic E-state index is 12.1. The summed E-state index contributed by atoms with van der Waals surface area (Å²) < 4.78 is 31.9. The van der Waals surface area contributed by atoms with Crippen molar-refractivity contribution in [1.29, 1.82) is 0 Å². The first-order chi connectivity index (χ1) is 16.1. The summed E-state index contributed by atoms with van der Waals surface area (Å²) >= 11 is 0. The Morgan fingerprint density at radius 2 is 1.12 bits per heavy atom. The summed E-state index contributed by atoms with van der Waals surface area (Å²) in [7, 11) is -1.38. The molecule has 0 aromatic carbocycles. The molecule has 0 saturated carbocycles. The van der Waals surface area contributed by atoms with Crippen LogP contribution in [0.3, 0.4) is 0 Å². The Morgan fingerprint density at radius 3 is 1.41 bits per heavy atom. The summed E-state index contributed by atoms with van der Waals surface area (Å²) in [5, 5.41) is 3.21. The van der Waals surface area contributed by atoms with Crippen LogP contribution in [0.25, 0.3) is 0 Å². The molecule has 1 unspecified atom stereocenters. The minimum absolute atomic E-state index is 0.207. The Labute approximate surface area is 212 Å². The fourth-order valence-corrected chi connectivity index (χ4v) is 3.89. The van der Waals surface area contributed by atoms with E-state index in [1.807, 2.05) is 0 Å². The van der Waals surface area contributed by atoms with Gasteiger partial charge in [-0.15, -0.1) is 0 Å². The Hall–Kier alpha value is -0.700. The van der Waals surface area contributed by atoms with E-state index in [1.54, 1.807) is 0 Å². The zero-order chi connectivity index (χ0) is 26.3. The largest absolute Gasteiger partial charge is 0.726 e. The summed E-state index contributed by atoms with van der Waals surface area (Å²) in [6.45, 7) is 10.9. The standard InChI is InChI=1S/C25H52N2O.CH4O4S/c1-6-9-10-11-12-13-14-15-16-17-18-19-20-21-22-23-25(28)26-24(4)27(5,7-2)8-3;1-5-6(2,3)4/h24H,6-23H2,1-5H3;1H3,(H,2,3,4). The molecule has 7 nitrogen and oxygen atoms in total. The van der Waals surface area contributed by atoms with Gasteiger partial charge in [-0.2, -0.15) is 0 Å². The number of amides is 1. The number of hydrogen-bond donors (Lipinski definition) is 1. The number of quaternary nitrogens is 1. The molecule has 1 N–H and O–H groups in total. The van der Waals surface area contributed by atoms with Crippen LogP contribution >= 0.6 is 0 Å². The normalized spacial score (nSPS) is 12.7. The third-order valence-electron chi connectivity index (χ3n) is 6.96. The first-order valence-corrected chi connectivity index (χ1v) is 15.0. The van der Waals surface area contributed by atoms with Crippen molar-refractivity contribution in [1.82, 2.24) is 5.32 Å². The van der Waals surface area contributed by atoms with E-state index in [1.165, 1.54) is 89.9 Å². The number of unbranched alkanes of at least 4 members (excludes halogenated alkanes) is 14. The average Bonchev–Trinajstić information content (AvgIpc) is 2.80. The van der Waals surface area contributed by atoms with Gasteiger partial charge in [0.05, 0.1) is 27.2 Å². The topological polar surface area (TPSA) is 95.5 Å². The molecule has 0 aliphatic rings. The maximum Gasteiger partial charge on any atom is 0.224 e. The van der Waals surface area contributed by atoms with Gasteiger partial charge in [0.15, 0.2) is 6.17 Å². The summed E-state index contributed by atoms with van der Waals surface area (Å²) in [4.78, 5) is 12.1. The molecular weight excluding hydrogens is 452 g/mol.